The van der Waals surface area contributed by atoms with E-state index in [0.29, 0.717) is 17.7 Å². The van der Waals surface area contributed by atoms with Crippen LogP contribution in [0.15, 0.2) is 4.42 Å². The summed E-state index contributed by atoms with van der Waals surface area (Å²) in [6.45, 7) is 5.49. The molecule has 78 valence electrons. The molecule has 0 bridgehead atoms. The summed E-state index contributed by atoms with van der Waals surface area (Å²) in [6.07, 6.45) is 1.18. The lowest BCUT2D eigenvalue weighted by Gasteiger charge is -2.12. The van der Waals surface area contributed by atoms with Crippen LogP contribution in [0, 0.1) is 12.8 Å². The van der Waals surface area contributed by atoms with E-state index < -0.39 is 0 Å². The maximum Gasteiger partial charge on any atom is 0.230 e. The van der Waals surface area contributed by atoms with Crippen LogP contribution in [0.1, 0.15) is 18.2 Å². The number of hydrogen-bond acceptors (Lipinski definition) is 5. The van der Waals surface area contributed by atoms with Crippen LogP contribution in [-0.4, -0.2) is 34.7 Å². The Kier molecular flexibility index (Phi) is 2.79. The van der Waals surface area contributed by atoms with E-state index in [2.05, 4.69) is 15.1 Å². The topological polar surface area (TPSA) is 68.2 Å². The zero-order valence-electron chi connectivity index (χ0n) is 8.44. The number of nitrogens with zero attached hydrogens (tertiary/aromatic N) is 3. The van der Waals surface area contributed by atoms with Gasteiger partial charge in [0, 0.05) is 13.5 Å². The summed E-state index contributed by atoms with van der Waals surface area (Å²) in [6, 6.07) is 0. The highest BCUT2D eigenvalue weighted by molar-refractivity contribution is 4.83. The molecule has 2 N–H and O–H groups in total. The van der Waals surface area contributed by atoms with Crippen LogP contribution in [0.5, 0.6) is 0 Å². The van der Waals surface area contributed by atoms with E-state index in [9.17, 15) is 0 Å². The van der Waals surface area contributed by atoms with Crippen LogP contribution in [0.2, 0.25) is 0 Å². The van der Waals surface area contributed by atoms with Crippen LogP contribution < -0.4 is 5.73 Å². The van der Waals surface area contributed by atoms with E-state index in [1.807, 2.05) is 6.92 Å². The number of nitrogens with two attached hydrogens (primary N) is 1. The highest BCUT2D eigenvalue weighted by Gasteiger charge is 2.22. The summed E-state index contributed by atoms with van der Waals surface area (Å²) in [7, 11) is 0. The molecule has 1 atom stereocenters. The monoisotopic (exact) mass is 196 g/mol. The maximum absolute atomic E-state index is 5.62. The minimum atomic E-state index is 0.634. The van der Waals surface area contributed by atoms with Gasteiger partial charge in [0.15, 0.2) is 0 Å². The molecule has 1 unspecified atom stereocenters. The van der Waals surface area contributed by atoms with Gasteiger partial charge in [0.2, 0.25) is 11.8 Å². The molecule has 2 heterocycles. The third kappa shape index (κ3) is 2.10. The Bertz CT molecular complexity index is 299. The number of aryl methyl sites for hydroxylation is 1. The Hall–Kier alpha value is -0.940. The summed E-state index contributed by atoms with van der Waals surface area (Å²) in [5.74, 6) is 1.98. The SMILES string of the molecule is Cc1nnc(CN2CCC(CN)C2)o1. The minimum absolute atomic E-state index is 0.634. The zero-order valence-corrected chi connectivity index (χ0v) is 8.44. The molecule has 0 radical (unpaired) electrons. The second kappa shape index (κ2) is 4.06. The van der Waals surface area contributed by atoms with Gasteiger partial charge in [-0.3, -0.25) is 4.90 Å². The van der Waals surface area contributed by atoms with Crippen LogP contribution in [-0.2, 0) is 6.54 Å². The number of aromatic nitrogens is 2. The van der Waals surface area contributed by atoms with Crippen LogP contribution in [0.3, 0.4) is 0 Å². The first-order valence-electron chi connectivity index (χ1n) is 4.99. The molecule has 5 nitrogen and oxygen atoms in total. The normalized spacial score (nSPS) is 23.1. The average molecular weight is 196 g/mol. The molecule has 14 heavy (non-hydrogen) atoms. The first-order valence-corrected chi connectivity index (χ1v) is 4.99. The predicted octanol–water partition coefficient (Wildman–Crippen LogP) is 0.159. The Morgan fingerprint density at radius 2 is 2.43 bits per heavy atom. The van der Waals surface area contributed by atoms with Crippen molar-refractivity contribution >= 4 is 0 Å². The van der Waals surface area contributed by atoms with Crippen LogP contribution >= 0.6 is 0 Å². The summed E-state index contributed by atoms with van der Waals surface area (Å²) < 4.78 is 5.32. The molecule has 1 aliphatic rings. The molecule has 0 saturated carbocycles. The lowest BCUT2D eigenvalue weighted by atomic mass is 10.1. The lowest BCUT2D eigenvalue weighted by molar-refractivity contribution is 0.278. The number of likely N-dealkylation sites (tertiary alicyclic amines) is 1. The van der Waals surface area contributed by atoms with Gasteiger partial charge in [-0.2, -0.15) is 0 Å². The van der Waals surface area contributed by atoms with Gasteiger partial charge >= 0.3 is 0 Å². The zero-order chi connectivity index (χ0) is 9.97. The smallest absolute Gasteiger partial charge is 0.230 e. The van der Waals surface area contributed by atoms with Gasteiger partial charge in [-0.05, 0) is 25.4 Å². The summed E-state index contributed by atoms with van der Waals surface area (Å²) in [4.78, 5) is 2.31. The van der Waals surface area contributed by atoms with Crippen molar-refractivity contribution in [3.63, 3.8) is 0 Å². The quantitative estimate of drug-likeness (QED) is 0.745. The molecule has 2 rings (SSSR count). The van der Waals surface area contributed by atoms with E-state index in [0.717, 1.165) is 26.2 Å². The first kappa shape index (κ1) is 9.61. The Morgan fingerprint density at radius 3 is 3.00 bits per heavy atom. The largest absolute Gasteiger partial charge is 0.424 e. The third-order valence-electron chi connectivity index (χ3n) is 2.63. The predicted molar refractivity (Wildman–Crippen MR) is 51.5 cm³/mol. The van der Waals surface area contributed by atoms with Crippen molar-refractivity contribution in [1.82, 2.24) is 15.1 Å². The molecule has 1 aliphatic heterocycles. The van der Waals surface area contributed by atoms with Gasteiger partial charge < -0.3 is 10.2 Å². The third-order valence-corrected chi connectivity index (χ3v) is 2.63. The molecule has 1 saturated heterocycles. The van der Waals surface area contributed by atoms with Crippen LogP contribution in [0.25, 0.3) is 0 Å². The first-order chi connectivity index (χ1) is 6.78. The van der Waals surface area contributed by atoms with Crippen molar-refractivity contribution in [1.29, 1.82) is 0 Å². The Labute approximate surface area is 83.3 Å². The fraction of sp³-hybridized carbons (Fsp3) is 0.778. The fourth-order valence-corrected chi connectivity index (χ4v) is 1.84. The molecule has 1 aromatic heterocycles. The van der Waals surface area contributed by atoms with Crippen molar-refractivity contribution in [3.05, 3.63) is 11.8 Å². The van der Waals surface area contributed by atoms with Crippen LogP contribution in [0.4, 0.5) is 0 Å². The molecule has 5 heteroatoms. The molecule has 0 aromatic carbocycles. The molecule has 0 aliphatic carbocycles. The van der Waals surface area contributed by atoms with Gasteiger partial charge in [0.05, 0.1) is 6.54 Å². The number of rotatable bonds is 3. The highest BCUT2D eigenvalue weighted by Crippen LogP contribution is 2.16. The molecular formula is C9H16N4O. The van der Waals surface area contributed by atoms with Gasteiger partial charge in [-0.15, -0.1) is 10.2 Å². The summed E-state index contributed by atoms with van der Waals surface area (Å²) in [5, 5.41) is 7.77. The summed E-state index contributed by atoms with van der Waals surface area (Å²) >= 11 is 0. The summed E-state index contributed by atoms with van der Waals surface area (Å²) in [5.41, 5.74) is 5.62. The van der Waals surface area contributed by atoms with Gasteiger partial charge in [0.25, 0.3) is 0 Å². The standard InChI is InChI=1S/C9H16N4O/c1-7-11-12-9(14-7)6-13-3-2-8(4-10)5-13/h8H,2-6,10H2,1H3. The van der Waals surface area contributed by atoms with Crippen molar-refractivity contribution in [2.24, 2.45) is 11.7 Å². The fourth-order valence-electron chi connectivity index (χ4n) is 1.84. The van der Waals surface area contributed by atoms with Crippen molar-refractivity contribution in [2.75, 3.05) is 19.6 Å². The molecule has 0 spiro atoms. The second-order valence-electron chi connectivity index (χ2n) is 3.84. The van der Waals surface area contributed by atoms with Gasteiger partial charge in [-0.25, -0.2) is 0 Å². The van der Waals surface area contributed by atoms with Crippen molar-refractivity contribution in [2.45, 2.75) is 19.9 Å². The lowest BCUT2D eigenvalue weighted by Crippen LogP contribution is -2.22. The highest BCUT2D eigenvalue weighted by atomic mass is 16.4. The molecule has 1 fully saturated rings. The number of hydrogen-bond donors (Lipinski definition) is 1. The van der Waals surface area contributed by atoms with Gasteiger partial charge in [-0.1, -0.05) is 0 Å². The van der Waals surface area contributed by atoms with Crippen molar-refractivity contribution < 1.29 is 4.42 Å². The maximum atomic E-state index is 5.62. The van der Waals surface area contributed by atoms with E-state index in [-0.39, 0.29) is 0 Å². The molecule has 0 amide bonds. The van der Waals surface area contributed by atoms with E-state index in [1.54, 1.807) is 0 Å². The minimum Gasteiger partial charge on any atom is -0.424 e. The van der Waals surface area contributed by atoms with E-state index in [1.165, 1.54) is 6.42 Å². The van der Waals surface area contributed by atoms with Crippen molar-refractivity contribution in [3.8, 4) is 0 Å². The Morgan fingerprint density at radius 1 is 1.57 bits per heavy atom. The van der Waals surface area contributed by atoms with Gasteiger partial charge in [0.1, 0.15) is 0 Å². The Balaban J connectivity index is 1.87. The molecule has 1 aromatic rings. The van der Waals surface area contributed by atoms with E-state index >= 15 is 0 Å². The second-order valence-corrected chi connectivity index (χ2v) is 3.84. The van der Waals surface area contributed by atoms with E-state index in [4.69, 9.17) is 10.2 Å². The average Bonchev–Trinajstić information content (AvgIpc) is 2.76. The molecular weight excluding hydrogens is 180 g/mol.